The molecule has 0 saturated carbocycles. The number of rotatable bonds is 3. The van der Waals surface area contributed by atoms with Crippen LogP contribution in [-0.4, -0.2) is 29.2 Å². The molecule has 0 spiro atoms. The summed E-state index contributed by atoms with van der Waals surface area (Å²) < 4.78 is 0. The minimum absolute atomic E-state index is 0.306. The fourth-order valence-electron chi connectivity index (χ4n) is 1.89. The van der Waals surface area contributed by atoms with E-state index in [0.29, 0.717) is 17.7 Å². The second-order valence-electron chi connectivity index (χ2n) is 4.48. The van der Waals surface area contributed by atoms with Gasteiger partial charge in [0.1, 0.15) is 0 Å². The predicted octanol–water partition coefficient (Wildman–Crippen LogP) is 2.81. The van der Waals surface area contributed by atoms with E-state index in [-0.39, 0.29) is 0 Å². The molecule has 0 unspecified atom stereocenters. The van der Waals surface area contributed by atoms with Gasteiger partial charge in [-0.05, 0) is 18.3 Å². The normalized spacial score (nSPS) is 20.9. The molecule has 1 saturated heterocycles. The van der Waals surface area contributed by atoms with Gasteiger partial charge in [-0.25, -0.2) is 0 Å². The van der Waals surface area contributed by atoms with Crippen molar-refractivity contribution in [2.24, 2.45) is 5.41 Å². The SMILES string of the molecule is CCC1(C)CCN(C(=O)CCBr)CC1. The number of piperidine rings is 1. The first kappa shape index (κ1) is 12.0. The molecule has 1 rings (SSSR count). The monoisotopic (exact) mass is 261 g/mol. The van der Waals surface area contributed by atoms with E-state index in [9.17, 15) is 4.79 Å². The number of hydrogen-bond acceptors (Lipinski definition) is 1. The Hall–Kier alpha value is -0.0500. The lowest BCUT2D eigenvalue weighted by Gasteiger charge is -2.38. The van der Waals surface area contributed by atoms with Gasteiger partial charge in [-0.3, -0.25) is 4.79 Å². The molecule has 3 heteroatoms. The van der Waals surface area contributed by atoms with Gasteiger partial charge in [0.2, 0.25) is 5.91 Å². The van der Waals surface area contributed by atoms with E-state index in [1.165, 1.54) is 6.42 Å². The molecule has 0 atom stereocenters. The van der Waals surface area contributed by atoms with Crippen LogP contribution in [-0.2, 0) is 4.79 Å². The Kier molecular flexibility index (Phi) is 4.42. The lowest BCUT2D eigenvalue weighted by Crippen LogP contribution is -2.41. The summed E-state index contributed by atoms with van der Waals surface area (Å²) in [7, 11) is 0. The van der Waals surface area contributed by atoms with Crippen LogP contribution in [0.4, 0.5) is 0 Å². The van der Waals surface area contributed by atoms with E-state index < -0.39 is 0 Å². The predicted molar refractivity (Wildman–Crippen MR) is 62.6 cm³/mol. The van der Waals surface area contributed by atoms with Gasteiger partial charge in [-0.15, -0.1) is 0 Å². The quantitative estimate of drug-likeness (QED) is 0.716. The van der Waals surface area contributed by atoms with Crippen molar-refractivity contribution in [3.05, 3.63) is 0 Å². The standard InChI is InChI=1S/C11H20BrNO/c1-3-11(2)5-8-13(9-6-11)10(14)4-7-12/h3-9H2,1-2H3. The van der Waals surface area contributed by atoms with E-state index in [2.05, 4.69) is 29.8 Å². The third-order valence-electron chi connectivity index (χ3n) is 3.49. The molecule has 2 nitrogen and oxygen atoms in total. The highest BCUT2D eigenvalue weighted by atomic mass is 79.9. The summed E-state index contributed by atoms with van der Waals surface area (Å²) in [5, 5.41) is 0.785. The van der Waals surface area contributed by atoms with Gasteiger partial charge in [0.25, 0.3) is 0 Å². The number of halogens is 1. The molecule has 0 N–H and O–H groups in total. The van der Waals surface area contributed by atoms with Crippen molar-refractivity contribution in [3.8, 4) is 0 Å². The third kappa shape index (κ3) is 2.97. The highest BCUT2D eigenvalue weighted by Gasteiger charge is 2.29. The van der Waals surface area contributed by atoms with Crippen LogP contribution in [0, 0.1) is 5.41 Å². The lowest BCUT2D eigenvalue weighted by molar-refractivity contribution is -0.132. The number of carbonyl (C=O) groups excluding carboxylic acids is 1. The summed E-state index contributed by atoms with van der Waals surface area (Å²) in [6.45, 7) is 6.49. The first-order chi connectivity index (χ1) is 6.61. The Morgan fingerprint density at radius 3 is 2.43 bits per heavy atom. The van der Waals surface area contributed by atoms with Gasteiger partial charge in [0, 0.05) is 24.8 Å². The first-order valence-corrected chi connectivity index (χ1v) is 6.57. The average molecular weight is 262 g/mol. The molecule has 0 radical (unpaired) electrons. The Bertz CT molecular complexity index is 197. The van der Waals surface area contributed by atoms with Crippen molar-refractivity contribution in [1.82, 2.24) is 4.90 Å². The first-order valence-electron chi connectivity index (χ1n) is 5.45. The average Bonchev–Trinajstić information content (AvgIpc) is 2.19. The highest BCUT2D eigenvalue weighted by molar-refractivity contribution is 9.09. The van der Waals surface area contributed by atoms with Crippen LogP contribution in [0.2, 0.25) is 0 Å². The molecule has 0 aromatic heterocycles. The maximum absolute atomic E-state index is 11.6. The molecule has 82 valence electrons. The summed E-state index contributed by atoms with van der Waals surface area (Å²) >= 11 is 3.31. The van der Waals surface area contributed by atoms with Crippen LogP contribution >= 0.6 is 15.9 Å². The number of amides is 1. The zero-order valence-corrected chi connectivity index (χ0v) is 10.8. The number of nitrogens with zero attached hydrogens (tertiary/aromatic N) is 1. The van der Waals surface area contributed by atoms with Gasteiger partial charge in [-0.1, -0.05) is 36.2 Å². The molecule has 1 heterocycles. The van der Waals surface area contributed by atoms with Crippen molar-refractivity contribution < 1.29 is 4.79 Å². The molecule has 14 heavy (non-hydrogen) atoms. The van der Waals surface area contributed by atoms with Crippen LogP contribution in [0.1, 0.15) is 39.5 Å². The number of alkyl halides is 1. The molecule has 1 amide bonds. The fourth-order valence-corrected chi connectivity index (χ4v) is 2.23. The van der Waals surface area contributed by atoms with Crippen LogP contribution in [0.3, 0.4) is 0 Å². The maximum Gasteiger partial charge on any atom is 0.223 e. The third-order valence-corrected chi connectivity index (χ3v) is 3.88. The second-order valence-corrected chi connectivity index (χ2v) is 5.28. The fraction of sp³-hybridized carbons (Fsp3) is 0.909. The van der Waals surface area contributed by atoms with Crippen LogP contribution in [0.15, 0.2) is 0 Å². The molecular weight excluding hydrogens is 242 g/mol. The number of hydrogen-bond donors (Lipinski definition) is 0. The molecule has 1 aliphatic heterocycles. The Morgan fingerprint density at radius 2 is 2.00 bits per heavy atom. The molecular formula is C11H20BrNO. The number of likely N-dealkylation sites (tertiary alicyclic amines) is 1. The molecule has 1 aliphatic rings. The summed E-state index contributed by atoms with van der Waals surface area (Å²) in [5.41, 5.74) is 0.477. The smallest absolute Gasteiger partial charge is 0.223 e. The van der Waals surface area contributed by atoms with Crippen LogP contribution in [0.25, 0.3) is 0 Å². The lowest BCUT2D eigenvalue weighted by atomic mass is 9.78. The van der Waals surface area contributed by atoms with E-state index in [4.69, 9.17) is 0 Å². The zero-order valence-electron chi connectivity index (χ0n) is 9.18. The summed E-state index contributed by atoms with van der Waals surface area (Å²) in [6, 6.07) is 0. The number of carbonyl (C=O) groups is 1. The van der Waals surface area contributed by atoms with Crippen molar-refractivity contribution in [2.75, 3.05) is 18.4 Å². The minimum Gasteiger partial charge on any atom is -0.343 e. The van der Waals surface area contributed by atoms with Gasteiger partial charge in [0.15, 0.2) is 0 Å². The molecule has 0 aliphatic carbocycles. The zero-order chi connectivity index (χ0) is 10.6. The Balaban J connectivity index is 2.39. The Labute approximate surface area is 95.2 Å². The van der Waals surface area contributed by atoms with Gasteiger partial charge >= 0.3 is 0 Å². The molecule has 0 aromatic carbocycles. The Morgan fingerprint density at radius 1 is 1.43 bits per heavy atom. The maximum atomic E-state index is 11.6. The second kappa shape index (κ2) is 5.15. The van der Waals surface area contributed by atoms with E-state index in [1.54, 1.807) is 0 Å². The molecule has 0 aromatic rings. The van der Waals surface area contributed by atoms with Gasteiger partial charge < -0.3 is 4.90 Å². The van der Waals surface area contributed by atoms with E-state index >= 15 is 0 Å². The summed E-state index contributed by atoms with van der Waals surface area (Å²) in [6.07, 6.45) is 4.20. The topological polar surface area (TPSA) is 20.3 Å². The van der Waals surface area contributed by atoms with Crippen LogP contribution < -0.4 is 0 Å². The van der Waals surface area contributed by atoms with E-state index in [0.717, 1.165) is 31.3 Å². The van der Waals surface area contributed by atoms with Crippen molar-refractivity contribution in [1.29, 1.82) is 0 Å². The summed E-state index contributed by atoms with van der Waals surface area (Å²) in [4.78, 5) is 13.6. The van der Waals surface area contributed by atoms with Gasteiger partial charge in [-0.2, -0.15) is 0 Å². The van der Waals surface area contributed by atoms with Crippen molar-refractivity contribution >= 4 is 21.8 Å². The molecule has 0 bridgehead atoms. The minimum atomic E-state index is 0.306. The largest absolute Gasteiger partial charge is 0.343 e. The van der Waals surface area contributed by atoms with Crippen molar-refractivity contribution in [3.63, 3.8) is 0 Å². The highest BCUT2D eigenvalue weighted by Crippen LogP contribution is 2.33. The van der Waals surface area contributed by atoms with E-state index in [1.807, 2.05) is 4.90 Å². The van der Waals surface area contributed by atoms with Crippen LogP contribution in [0.5, 0.6) is 0 Å². The molecule has 1 fully saturated rings. The summed E-state index contributed by atoms with van der Waals surface area (Å²) in [5.74, 6) is 0.306. The van der Waals surface area contributed by atoms with Gasteiger partial charge in [0.05, 0.1) is 0 Å². The van der Waals surface area contributed by atoms with Crippen molar-refractivity contribution in [2.45, 2.75) is 39.5 Å².